The first-order valence-corrected chi connectivity index (χ1v) is 6.40. The number of carbonyl (C=O) groups excluding carboxylic acids is 2. The summed E-state index contributed by atoms with van der Waals surface area (Å²) in [6.45, 7) is 0.664. The molecule has 1 fully saturated rings. The van der Waals surface area contributed by atoms with Crippen molar-refractivity contribution in [3.63, 3.8) is 0 Å². The Morgan fingerprint density at radius 2 is 1.95 bits per heavy atom. The Bertz CT molecular complexity index is 592. The maximum atomic E-state index is 12.3. The lowest BCUT2D eigenvalue weighted by Crippen LogP contribution is -2.34. The molecule has 0 atom stereocenters. The van der Waals surface area contributed by atoms with Crippen LogP contribution in [0.1, 0.15) is 24.8 Å². The summed E-state index contributed by atoms with van der Waals surface area (Å²) in [6, 6.07) is 7.29. The first-order chi connectivity index (χ1) is 9.20. The molecular formula is C14H15N3O2. The van der Waals surface area contributed by atoms with Crippen LogP contribution in [0.15, 0.2) is 29.8 Å². The van der Waals surface area contributed by atoms with Gasteiger partial charge in [-0.3, -0.25) is 9.59 Å². The number of hydrazine groups is 1. The highest BCUT2D eigenvalue weighted by Gasteiger charge is 2.34. The van der Waals surface area contributed by atoms with Crippen molar-refractivity contribution in [2.75, 3.05) is 11.6 Å². The van der Waals surface area contributed by atoms with Gasteiger partial charge in [0.1, 0.15) is 0 Å². The van der Waals surface area contributed by atoms with Gasteiger partial charge in [0.15, 0.2) is 0 Å². The van der Waals surface area contributed by atoms with Gasteiger partial charge in [0.25, 0.3) is 5.91 Å². The van der Waals surface area contributed by atoms with Crippen molar-refractivity contribution in [2.45, 2.75) is 19.3 Å². The van der Waals surface area contributed by atoms with E-state index in [1.807, 2.05) is 18.2 Å². The third-order valence-corrected chi connectivity index (χ3v) is 3.58. The minimum absolute atomic E-state index is 0.147. The third-order valence-electron chi connectivity index (χ3n) is 3.58. The molecule has 5 heteroatoms. The summed E-state index contributed by atoms with van der Waals surface area (Å²) in [5.74, 6) is 5.34. The number of fused-ring (bicyclic) bond motifs is 1. The molecule has 2 aliphatic rings. The highest BCUT2D eigenvalue weighted by molar-refractivity contribution is 6.35. The number of nitrogens with one attached hydrogen (secondary N) is 1. The highest BCUT2D eigenvalue weighted by Crippen LogP contribution is 2.37. The van der Waals surface area contributed by atoms with Crippen molar-refractivity contribution in [1.82, 2.24) is 5.32 Å². The Labute approximate surface area is 111 Å². The summed E-state index contributed by atoms with van der Waals surface area (Å²) in [7, 11) is 0. The molecule has 98 valence electrons. The quantitative estimate of drug-likeness (QED) is 0.413. The number of amides is 2. The van der Waals surface area contributed by atoms with Gasteiger partial charge in [-0.15, -0.1) is 0 Å². The molecular weight excluding hydrogens is 242 g/mol. The van der Waals surface area contributed by atoms with E-state index in [0.717, 1.165) is 23.4 Å². The standard InChI is InChI=1S/C14H15N3O2/c15-17-11-7-2-1-5-9(11)12(14(17)19)10-6-3-4-8-16-13(10)18/h1-2,5,7H,3-4,6,8,15H2,(H,16,18). The van der Waals surface area contributed by atoms with Gasteiger partial charge < -0.3 is 5.32 Å². The smallest absolute Gasteiger partial charge is 0.273 e. The fourth-order valence-electron chi connectivity index (χ4n) is 2.62. The van der Waals surface area contributed by atoms with Gasteiger partial charge in [0, 0.05) is 17.7 Å². The van der Waals surface area contributed by atoms with Gasteiger partial charge in [0.2, 0.25) is 5.91 Å². The molecule has 0 bridgehead atoms. The Hall–Kier alpha value is -2.14. The molecule has 0 spiro atoms. The van der Waals surface area contributed by atoms with Crippen LogP contribution in [-0.4, -0.2) is 18.4 Å². The van der Waals surface area contributed by atoms with Crippen molar-refractivity contribution < 1.29 is 9.59 Å². The number of nitrogens with zero attached hydrogens (tertiary/aromatic N) is 1. The second-order valence-electron chi connectivity index (χ2n) is 4.76. The summed E-state index contributed by atoms with van der Waals surface area (Å²) in [5, 5.41) is 3.95. The maximum Gasteiger partial charge on any atom is 0.273 e. The zero-order valence-corrected chi connectivity index (χ0v) is 10.5. The summed E-state index contributed by atoms with van der Waals surface area (Å²) in [5.41, 5.74) is 2.43. The number of para-hydroxylation sites is 1. The minimum Gasteiger partial charge on any atom is -0.352 e. The van der Waals surface area contributed by atoms with Crippen molar-refractivity contribution in [3.05, 3.63) is 35.4 Å². The molecule has 19 heavy (non-hydrogen) atoms. The summed E-state index contributed by atoms with van der Waals surface area (Å²) in [4.78, 5) is 24.4. The lowest BCUT2D eigenvalue weighted by molar-refractivity contribution is -0.118. The SMILES string of the molecule is NN1C(=O)C(=C2CCCCNC2=O)c2ccccc21. The van der Waals surface area contributed by atoms with E-state index in [4.69, 9.17) is 5.84 Å². The van der Waals surface area contributed by atoms with Crippen LogP contribution in [0.25, 0.3) is 5.57 Å². The zero-order chi connectivity index (χ0) is 13.4. The second-order valence-corrected chi connectivity index (χ2v) is 4.76. The molecule has 1 aromatic carbocycles. The van der Waals surface area contributed by atoms with Gasteiger partial charge in [-0.05, 0) is 25.3 Å². The van der Waals surface area contributed by atoms with Crippen LogP contribution < -0.4 is 16.2 Å². The molecule has 1 saturated heterocycles. The van der Waals surface area contributed by atoms with Crippen LogP contribution in [0.4, 0.5) is 5.69 Å². The normalized spacial score (nSPS) is 23.1. The lowest BCUT2D eigenvalue weighted by atomic mass is 9.97. The largest absolute Gasteiger partial charge is 0.352 e. The minimum atomic E-state index is -0.298. The third kappa shape index (κ3) is 1.82. The molecule has 2 amide bonds. The monoisotopic (exact) mass is 257 g/mol. The number of rotatable bonds is 0. The Kier molecular flexibility index (Phi) is 2.83. The van der Waals surface area contributed by atoms with Crippen LogP contribution >= 0.6 is 0 Å². The zero-order valence-electron chi connectivity index (χ0n) is 10.5. The van der Waals surface area contributed by atoms with Crippen LogP contribution in [-0.2, 0) is 9.59 Å². The number of anilines is 1. The van der Waals surface area contributed by atoms with Crippen molar-refractivity contribution >= 4 is 23.1 Å². The summed E-state index contributed by atoms with van der Waals surface area (Å²) in [6.07, 6.45) is 2.46. The predicted molar refractivity (Wildman–Crippen MR) is 71.9 cm³/mol. The molecule has 3 rings (SSSR count). The molecule has 2 heterocycles. The van der Waals surface area contributed by atoms with E-state index in [2.05, 4.69) is 5.32 Å². The summed E-state index contributed by atoms with van der Waals surface area (Å²) < 4.78 is 0. The molecule has 1 aromatic rings. The number of nitrogens with two attached hydrogens (primary N) is 1. The fraction of sp³-hybridized carbons (Fsp3) is 0.286. The van der Waals surface area contributed by atoms with Crippen LogP contribution in [0.3, 0.4) is 0 Å². The molecule has 0 aromatic heterocycles. The second kappa shape index (κ2) is 4.51. The maximum absolute atomic E-state index is 12.3. The van der Waals surface area contributed by atoms with E-state index >= 15 is 0 Å². The van der Waals surface area contributed by atoms with Gasteiger partial charge in [-0.2, -0.15) is 0 Å². The molecule has 0 unspecified atom stereocenters. The molecule has 3 N–H and O–H groups in total. The van der Waals surface area contributed by atoms with Gasteiger partial charge >= 0.3 is 0 Å². The molecule has 2 aliphatic heterocycles. The van der Waals surface area contributed by atoms with E-state index in [1.165, 1.54) is 0 Å². The number of carbonyl (C=O) groups is 2. The van der Waals surface area contributed by atoms with E-state index in [0.29, 0.717) is 29.8 Å². The first kappa shape index (κ1) is 11.9. The average molecular weight is 257 g/mol. The first-order valence-electron chi connectivity index (χ1n) is 6.40. The lowest BCUT2D eigenvalue weighted by Gasteiger charge is -2.08. The molecule has 0 saturated carbocycles. The van der Waals surface area contributed by atoms with E-state index in [1.54, 1.807) is 6.07 Å². The van der Waals surface area contributed by atoms with Crippen molar-refractivity contribution in [2.24, 2.45) is 5.84 Å². The predicted octanol–water partition coefficient (Wildman–Crippen LogP) is 0.961. The fourth-order valence-corrected chi connectivity index (χ4v) is 2.62. The average Bonchev–Trinajstić information content (AvgIpc) is 2.57. The van der Waals surface area contributed by atoms with Gasteiger partial charge in [-0.1, -0.05) is 18.2 Å². The Morgan fingerprint density at radius 1 is 1.16 bits per heavy atom. The Balaban J connectivity index is 2.18. The number of hydrogen-bond acceptors (Lipinski definition) is 3. The van der Waals surface area contributed by atoms with Gasteiger partial charge in [-0.25, -0.2) is 10.9 Å². The highest BCUT2D eigenvalue weighted by atomic mass is 16.2. The molecule has 0 radical (unpaired) electrons. The van der Waals surface area contributed by atoms with Crippen molar-refractivity contribution in [1.29, 1.82) is 0 Å². The van der Waals surface area contributed by atoms with Crippen LogP contribution in [0.5, 0.6) is 0 Å². The topological polar surface area (TPSA) is 75.4 Å². The van der Waals surface area contributed by atoms with Crippen LogP contribution in [0, 0.1) is 0 Å². The number of benzene rings is 1. The van der Waals surface area contributed by atoms with E-state index < -0.39 is 0 Å². The number of hydrogen-bond donors (Lipinski definition) is 2. The van der Waals surface area contributed by atoms with E-state index in [9.17, 15) is 9.59 Å². The Morgan fingerprint density at radius 3 is 2.79 bits per heavy atom. The molecule has 5 nitrogen and oxygen atoms in total. The van der Waals surface area contributed by atoms with E-state index in [-0.39, 0.29) is 11.8 Å². The molecule has 0 aliphatic carbocycles. The summed E-state index contributed by atoms with van der Waals surface area (Å²) >= 11 is 0. The van der Waals surface area contributed by atoms with Gasteiger partial charge in [0.05, 0.1) is 11.3 Å². The van der Waals surface area contributed by atoms with Crippen LogP contribution in [0.2, 0.25) is 0 Å². The van der Waals surface area contributed by atoms with Crippen molar-refractivity contribution in [3.8, 4) is 0 Å².